The molecule has 2 heterocycles. The number of nitrogens with zero attached hydrogens (tertiary/aromatic N) is 4. The summed E-state index contributed by atoms with van der Waals surface area (Å²) in [5.74, 6) is -1.37. The highest BCUT2D eigenvalue weighted by atomic mass is 19.4. The quantitative estimate of drug-likeness (QED) is 0.603. The molecule has 1 amide bonds. The lowest BCUT2D eigenvalue weighted by Gasteiger charge is -2.13. The minimum Gasteiger partial charge on any atom is -0.449 e. The third-order valence-electron chi connectivity index (χ3n) is 4.43. The summed E-state index contributed by atoms with van der Waals surface area (Å²) >= 11 is 0. The van der Waals surface area contributed by atoms with Crippen molar-refractivity contribution in [3.63, 3.8) is 0 Å². The van der Waals surface area contributed by atoms with Crippen molar-refractivity contribution in [2.45, 2.75) is 26.1 Å². The summed E-state index contributed by atoms with van der Waals surface area (Å²) in [6.07, 6.45) is -3.84. The monoisotopic (exact) mass is 443 g/mol. The largest absolute Gasteiger partial charge is 0.449 e. The fourth-order valence-electron chi connectivity index (χ4n) is 2.71. The number of alkyl halides is 3. The van der Waals surface area contributed by atoms with Crippen LogP contribution < -0.4 is 5.32 Å². The Morgan fingerprint density at radius 3 is 2.59 bits per heavy atom. The molecule has 0 fully saturated rings. The van der Waals surface area contributed by atoms with Crippen LogP contribution in [0.2, 0.25) is 0 Å². The lowest BCUT2D eigenvalue weighted by Crippen LogP contribution is -2.30. The number of benzene rings is 1. The zero-order valence-corrected chi connectivity index (χ0v) is 16.8. The van der Waals surface area contributed by atoms with Gasteiger partial charge in [0.05, 0.1) is 29.1 Å². The summed E-state index contributed by atoms with van der Waals surface area (Å²) in [7, 11) is 0. The Kier molecular flexibility index (Phi) is 6.25. The van der Waals surface area contributed by atoms with Gasteiger partial charge in [-0.15, -0.1) is 0 Å². The first-order valence-electron chi connectivity index (χ1n) is 9.20. The van der Waals surface area contributed by atoms with Crippen LogP contribution >= 0.6 is 0 Å². The van der Waals surface area contributed by atoms with E-state index in [-0.39, 0.29) is 17.1 Å². The van der Waals surface area contributed by atoms with E-state index in [9.17, 15) is 22.8 Å². The highest BCUT2D eigenvalue weighted by molar-refractivity contribution is 5.97. The highest BCUT2D eigenvalue weighted by Crippen LogP contribution is 2.29. The molecule has 1 aromatic carbocycles. The molecule has 1 N–H and O–H groups in total. The van der Waals surface area contributed by atoms with Crippen LogP contribution in [0.25, 0.3) is 5.82 Å². The van der Waals surface area contributed by atoms with Crippen LogP contribution in [0.5, 0.6) is 0 Å². The molecule has 0 aliphatic carbocycles. The van der Waals surface area contributed by atoms with Gasteiger partial charge < -0.3 is 10.1 Å². The molecule has 2 aromatic heterocycles. The van der Waals surface area contributed by atoms with Crippen LogP contribution in [0.3, 0.4) is 0 Å². The van der Waals surface area contributed by atoms with Crippen molar-refractivity contribution in [2.75, 3.05) is 5.32 Å². The summed E-state index contributed by atoms with van der Waals surface area (Å²) in [6, 6.07) is 10.2. The van der Waals surface area contributed by atoms with E-state index in [1.54, 1.807) is 18.2 Å². The van der Waals surface area contributed by atoms with Crippen molar-refractivity contribution in [3.05, 3.63) is 71.2 Å². The molecular formula is C21H16F3N5O3. The number of nitriles is 1. The van der Waals surface area contributed by atoms with Crippen LogP contribution in [0, 0.1) is 18.3 Å². The second-order valence-corrected chi connectivity index (χ2v) is 6.69. The number of rotatable bonds is 5. The van der Waals surface area contributed by atoms with Gasteiger partial charge in [-0.05, 0) is 44.2 Å². The Balaban J connectivity index is 1.70. The fraction of sp³-hybridized carbons (Fsp3) is 0.190. The number of pyridine rings is 1. The normalized spacial score (nSPS) is 12.0. The highest BCUT2D eigenvalue weighted by Gasteiger charge is 2.31. The number of ether oxygens (including phenoxy) is 1. The third-order valence-corrected chi connectivity index (χ3v) is 4.43. The number of anilines is 1. The van der Waals surface area contributed by atoms with Gasteiger partial charge in [-0.25, -0.2) is 14.5 Å². The summed E-state index contributed by atoms with van der Waals surface area (Å²) in [6.45, 7) is 2.89. The number of aromatic nitrogens is 3. The van der Waals surface area contributed by atoms with E-state index in [4.69, 9.17) is 10.00 Å². The van der Waals surface area contributed by atoms with Crippen molar-refractivity contribution < 1.29 is 27.5 Å². The molecule has 0 saturated heterocycles. The topological polar surface area (TPSA) is 110 Å². The second-order valence-electron chi connectivity index (χ2n) is 6.69. The number of hydrogen-bond acceptors (Lipinski definition) is 6. The van der Waals surface area contributed by atoms with Gasteiger partial charge in [0, 0.05) is 11.9 Å². The van der Waals surface area contributed by atoms with E-state index < -0.39 is 29.7 Å². The smallest absolute Gasteiger partial charge is 0.417 e. The first-order valence-corrected chi connectivity index (χ1v) is 9.20. The molecular weight excluding hydrogens is 427 g/mol. The molecule has 164 valence electrons. The molecule has 32 heavy (non-hydrogen) atoms. The molecule has 0 bridgehead atoms. The number of hydrogen-bond donors (Lipinski definition) is 1. The summed E-state index contributed by atoms with van der Waals surface area (Å²) in [5, 5.41) is 15.4. The molecule has 0 aliphatic heterocycles. The maximum absolute atomic E-state index is 12.7. The number of esters is 1. The fourth-order valence-corrected chi connectivity index (χ4v) is 2.71. The molecule has 0 radical (unpaired) electrons. The molecule has 8 nitrogen and oxygen atoms in total. The molecule has 0 spiro atoms. The van der Waals surface area contributed by atoms with E-state index in [1.807, 2.05) is 6.07 Å². The van der Waals surface area contributed by atoms with Crippen molar-refractivity contribution in [2.24, 2.45) is 0 Å². The van der Waals surface area contributed by atoms with Crippen LogP contribution in [-0.2, 0) is 15.7 Å². The zero-order chi connectivity index (χ0) is 23.5. The van der Waals surface area contributed by atoms with Crippen LogP contribution in [0.1, 0.15) is 34.1 Å². The van der Waals surface area contributed by atoms with Crippen molar-refractivity contribution in [1.82, 2.24) is 14.8 Å². The van der Waals surface area contributed by atoms with Gasteiger partial charge in [-0.2, -0.15) is 23.5 Å². The van der Waals surface area contributed by atoms with Gasteiger partial charge in [-0.3, -0.25) is 4.79 Å². The van der Waals surface area contributed by atoms with Crippen molar-refractivity contribution in [1.29, 1.82) is 5.26 Å². The number of halogens is 3. The maximum Gasteiger partial charge on any atom is 0.417 e. The Bertz CT molecular complexity index is 1200. The van der Waals surface area contributed by atoms with E-state index in [2.05, 4.69) is 15.4 Å². The van der Waals surface area contributed by atoms with E-state index in [0.717, 1.165) is 12.1 Å². The standard InChI is InChI=1S/C21H16F3N5O3/c1-12-17(11-27-29(12)18-7-6-15(10-26-18)21(22,23)24)20(31)32-13(2)19(30)28-16-5-3-4-14(8-16)9-25/h3-8,10-11,13H,1-2H3,(H,28,30)/t13-/m1/s1. The third kappa shape index (κ3) is 4.92. The molecule has 0 aliphatic rings. The van der Waals surface area contributed by atoms with Gasteiger partial charge in [0.1, 0.15) is 5.56 Å². The van der Waals surface area contributed by atoms with E-state index in [0.29, 0.717) is 17.4 Å². The summed E-state index contributed by atoms with van der Waals surface area (Å²) in [4.78, 5) is 28.5. The number of carbonyl (C=O) groups excluding carboxylic acids is 2. The predicted octanol–water partition coefficient (Wildman–Crippen LogP) is 3.65. The molecule has 0 saturated carbocycles. The SMILES string of the molecule is Cc1c(C(=O)O[C@H](C)C(=O)Nc2cccc(C#N)c2)cnn1-c1ccc(C(F)(F)F)cn1. The summed E-state index contributed by atoms with van der Waals surface area (Å²) < 4.78 is 44.5. The maximum atomic E-state index is 12.7. The van der Waals surface area contributed by atoms with Crippen LogP contribution in [0.15, 0.2) is 48.8 Å². The van der Waals surface area contributed by atoms with Gasteiger partial charge in [0.15, 0.2) is 11.9 Å². The van der Waals surface area contributed by atoms with Gasteiger partial charge in [0.25, 0.3) is 5.91 Å². The van der Waals surface area contributed by atoms with E-state index in [1.165, 1.54) is 30.8 Å². The number of amides is 1. The molecule has 3 aromatic rings. The Labute approximate surface area is 180 Å². The number of carbonyl (C=O) groups is 2. The first kappa shape index (κ1) is 22.5. The van der Waals surface area contributed by atoms with E-state index >= 15 is 0 Å². The Morgan fingerprint density at radius 1 is 1.22 bits per heavy atom. The average molecular weight is 443 g/mol. The molecule has 1 atom stereocenters. The predicted molar refractivity (Wildman–Crippen MR) is 106 cm³/mol. The Morgan fingerprint density at radius 2 is 1.97 bits per heavy atom. The zero-order valence-electron chi connectivity index (χ0n) is 16.8. The molecule has 3 rings (SSSR count). The van der Waals surface area contributed by atoms with Gasteiger partial charge >= 0.3 is 12.1 Å². The number of nitrogens with one attached hydrogen (secondary N) is 1. The lowest BCUT2D eigenvalue weighted by atomic mass is 10.2. The van der Waals surface area contributed by atoms with Crippen LogP contribution in [-0.4, -0.2) is 32.7 Å². The van der Waals surface area contributed by atoms with Crippen LogP contribution in [0.4, 0.5) is 18.9 Å². The minimum absolute atomic E-state index is 0.0258. The average Bonchev–Trinajstić information content (AvgIpc) is 3.14. The van der Waals surface area contributed by atoms with Gasteiger partial charge in [0.2, 0.25) is 0 Å². The van der Waals surface area contributed by atoms with Gasteiger partial charge in [-0.1, -0.05) is 6.07 Å². The van der Waals surface area contributed by atoms with Crippen molar-refractivity contribution >= 4 is 17.6 Å². The minimum atomic E-state index is -4.52. The van der Waals surface area contributed by atoms with Crippen molar-refractivity contribution in [3.8, 4) is 11.9 Å². The second kappa shape index (κ2) is 8.89. The summed E-state index contributed by atoms with van der Waals surface area (Å²) in [5.41, 5.74) is 0.113. The molecule has 11 heteroatoms. The Hall–Kier alpha value is -4.20. The molecule has 0 unspecified atom stereocenters. The lowest BCUT2D eigenvalue weighted by molar-refractivity contribution is -0.137. The first-order chi connectivity index (χ1) is 15.1.